The molecule has 1 fully saturated rings. The number of nitrogens with zero attached hydrogens (tertiary/aromatic N) is 1. The fourth-order valence-electron chi connectivity index (χ4n) is 5.67. The second-order valence-corrected chi connectivity index (χ2v) is 17.0. The maximum absolute atomic E-state index is 13.9. The SMILES string of the molecule is CC/C=C\C/C=C\C/C=C\C/C=C\C/C=C\CCCC(=O)NCCSSCCNP(OCC1CCC(n2cc(F)c(=O)[nH]c2=O)O1)Oc1cccc2ccccc12. The van der Waals surface area contributed by atoms with Gasteiger partial charge in [0.1, 0.15) is 12.0 Å². The molecule has 3 atom stereocenters. The molecule has 14 heteroatoms. The highest BCUT2D eigenvalue weighted by Crippen LogP contribution is 2.40. The Morgan fingerprint density at radius 2 is 1.58 bits per heavy atom. The van der Waals surface area contributed by atoms with Crippen molar-refractivity contribution in [2.45, 2.75) is 83.5 Å². The van der Waals surface area contributed by atoms with E-state index in [1.54, 1.807) is 21.6 Å². The van der Waals surface area contributed by atoms with Gasteiger partial charge in [-0.2, -0.15) is 4.39 Å². The molecule has 0 saturated carbocycles. The lowest BCUT2D eigenvalue weighted by Gasteiger charge is -2.21. The van der Waals surface area contributed by atoms with E-state index in [1.807, 2.05) is 47.4 Å². The molecule has 0 spiro atoms. The lowest BCUT2D eigenvalue weighted by Crippen LogP contribution is -2.34. The van der Waals surface area contributed by atoms with Crippen LogP contribution in [0.1, 0.15) is 77.4 Å². The first-order valence-electron chi connectivity index (χ1n) is 19.7. The van der Waals surface area contributed by atoms with Crippen LogP contribution in [0, 0.1) is 5.82 Å². The summed E-state index contributed by atoms with van der Waals surface area (Å²) in [6.07, 6.45) is 29.9. The number of rotatable bonds is 27. The first-order chi connectivity index (χ1) is 27.9. The van der Waals surface area contributed by atoms with Crippen molar-refractivity contribution < 1.29 is 23.0 Å². The molecule has 3 unspecified atom stereocenters. The van der Waals surface area contributed by atoms with E-state index in [2.05, 4.69) is 78.1 Å². The van der Waals surface area contributed by atoms with Crippen LogP contribution in [-0.2, 0) is 14.1 Å². The Morgan fingerprint density at radius 1 is 0.912 bits per heavy atom. The van der Waals surface area contributed by atoms with Gasteiger partial charge in [0.15, 0.2) is 0 Å². The fraction of sp³-hybridized carbons (Fsp3) is 0.419. The lowest BCUT2D eigenvalue weighted by atomic mass is 10.1. The quantitative estimate of drug-likeness (QED) is 0.0298. The monoisotopic (exact) mass is 838 g/mol. The van der Waals surface area contributed by atoms with Crippen LogP contribution in [0.3, 0.4) is 0 Å². The Bertz CT molecular complexity index is 1910. The number of amides is 1. The number of aromatic amines is 1. The van der Waals surface area contributed by atoms with Crippen LogP contribution in [0.2, 0.25) is 0 Å². The van der Waals surface area contributed by atoms with Crippen LogP contribution in [0.4, 0.5) is 4.39 Å². The predicted octanol–water partition coefficient (Wildman–Crippen LogP) is 9.84. The highest BCUT2D eigenvalue weighted by molar-refractivity contribution is 8.76. The zero-order chi connectivity index (χ0) is 40.3. The van der Waals surface area contributed by atoms with Crippen LogP contribution >= 0.6 is 30.1 Å². The third-order valence-corrected chi connectivity index (χ3v) is 12.2. The third-order valence-electron chi connectivity index (χ3n) is 8.58. The first kappa shape index (κ1) is 46.0. The van der Waals surface area contributed by atoms with Gasteiger partial charge in [0, 0.05) is 36.4 Å². The summed E-state index contributed by atoms with van der Waals surface area (Å²) in [6.45, 7) is 3.58. The minimum absolute atomic E-state index is 0.0819. The molecule has 1 aliphatic rings. The minimum Gasteiger partial charge on any atom is -0.435 e. The standard InChI is InChI=1S/C43H56FN4O6PS2/c1-2-3-4-5-6-7-8-9-10-11-12-13-14-15-16-17-18-26-40(49)45-29-31-56-57-32-30-46-55(54-39-25-21-23-35-22-19-20-24-37(35)39)52-34-36-27-28-41(53-36)48-33-38(44)42(50)47-43(48)51/h3-4,6-7,9-10,12-13,15-16,19-25,33,36,41,46H,2,5,8,11,14,17-18,26-32,34H2,1H3,(H,45,49)(H,47,50,51)/b4-3-,7-6-,10-9-,13-12-,16-15-. The molecule has 1 amide bonds. The summed E-state index contributed by atoms with van der Waals surface area (Å²) in [5, 5.41) is 8.43. The van der Waals surface area contributed by atoms with Gasteiger partial charge in [-0.15, -0.1) is 0 Å². The fourth-order valence-corrected chi connectivity index (χ4v) is 8.78. The van der Waals surface area contributed by atoms with Crippen molar-refractivity contribution in [3.63, 3.8) is 0 Å². The molecule has 1 aliphatic heterocycles. The van der Waals surface area contributed by atoms with Crippen molar-refractivity contribution in [3.05, 3.63) is 136 Å². The van der Waals surface area contributed by atoms with E-state index >= 15 is 0 Å². The molecule has 1 saturated heterocycles. The van der Waals surface area contributed by atoms with Gasteiger partial charge < -0.3 is 19.1 Å². The smallest absolute Gasteiger partial charge is 0.330 e. The van der Waals surface area contributed by atoms with Gasteiger partial charge in [-0.1, -0.05) is 126 Å². The minimum atomic E-state index is -1.57. The van der Waals surface area contributed by atoms with Gasteiger partial charge in [-0.3, -0.25) is 19.1 Å². The van der Waals surface area contributed by atoms with Crippen LogP contribution in [0.5, 0.6) is 5.75 Å². The molecule has 4 rings (SSSR count). The number of hydrogen-bond acceptors (Lipinski definition) is 9. The number of halogens is 1. The van der Waals surface area contributed by atoms with E-state index in [0.717, 1.165) is 78.0 Å². The summed E-state index contributed by atoms with van der Waals surface area (Å²) in [5.41, 5.74) is -1.78. The van der Waals surface area contributed by atoms with Crippen LogP contribution in [-0.4, -0.2) is 52.8 Å². The zero-order valence-electron chi connectivity index (χ0n) is 32.7. The normalized spacial score (nSPS) is 16.7. The summed E-state index contributed by atoms with van der Waals surface area (Å²) in [7, 11) is 1.84. The molecule has 3 aromatic rings. The molecule has 0 aliphatic carbocycles. The van der Waals surface area contributed by atoms with E-state index in [9.17, 15) is 18.8 Å². The summed E-state index contributed by atoms with van der Waals surface area (Å²) >= 11 is 0. The van der Waals surface area contributed by atoms with Gasteiger partial charge in [-0.25, -0.2) is 9.88 Å². The highest BCUT2D eigenvalue weighted by Gasteiger charge is 2.29. The number of H-pyrrole nitrogens is 1. The Labute approximate surface area is 344 Å². The molecule has 10 nitrogen and oxygen atoms in total. The number of fused-ring (bicyclic) bond motifs is 1. The average Bonchev–Trinajstić information content (AvgIpc) is 3.69. The topological polar surface area (TPSA) is 124 Å². The Hall–Kier alpha value is -3.71. The number of carbonyl (C=O) groups is 1. The number of aromatic nitrogens is 2. The maximum Gasteiger partial charge on any atom is 0.330 e. The Balaban J connectivity index is 1.07. The van der Waals surface area contributed by atoms with Gasteiger partial charge in [0.25, 0.3) is 5.56 Å². The summed E-state index contributed by atoms with van der Waals surface area (Å²) < 4.78 is 33.5. The maximum atomic E-state index is 13.9. The number of ether oxygens (including phenoxy) is 1. The van der Waals surface area contributed by atoms with Crippen LogP contribution in [0.25, 0.3) is 10.8 Å². The number of nitrogens with one attached hydrogen (secondary N) is 3. The average molecular weight is 839 g/mol. The van der Waals surface area contributed by atoms with E-state index in [0.29, 0.717) is 38.1 Å². The van der Waals surface area contributed by atoms with Crippen molar-refractivity contribution >= 4 is 46.8 Å². The zero-order valence-corrected chi connectivity index (χ0v) is 35.2. The number of carbonyl (C=O) groups excluding carboxylic acids is 1. The molecule has 57 heavy (non-hydrogen) atoms. The molecule has 2 heterocycles. The van der Waals surface area contributed by atoms with Crippen molar-refractivity contribution in [2.75, 3.05) is 31.2 Å². The lowest BCUT2D eigenvalue weighted by molar-refractivity contribution is -0.121. The molecule has 308 valence electrons. The third kappa shape index (κ3) is 18.2. The summed E-state index contributed by atoms with van der Waals surface area (Å²) in [4.78, 5) is 37.9. The van der Waals surface area contributed by atoms with Crippen molar-refractivity contribution in [1.82, 2.24) is 20.0 Å². The van der Waals surface area contributed by atoms with Gasteiger partial charge >= 0.3 is 14.2 Å². The van der Waals surface area contributed by atoms with Gasteiger partial charge in [-0.05, 0) is 69.2 Å². The van der Waals surface area contributed by atoms with E-state index in [4.69, 9.17) is 13.8 Å². The largest absolute Gasteiger partial charge is 0.435 e. The van der Waals surface area contributed by atoms with Crippen molar-refractivity contribution in [2.24, 2.45) is 0 Å². The molecular weight excluding hydrogens is 783 g/mol. The number of benzene rings is 2. The summed E-state index contributed by atoms with van der Waals surface area (Å²) in [6, 6.07) is 13.8. The molecule has 0 bridgehead atoms. The second kappa shape index (κ2) is 27.8. The molecular formula is C43H56FN4O6PS2. The molecule has 0 radical (unpaired) electrons. The van der Waals surface area contributed by atoms with E-state index in [-0.39, 0.29) is 18.6 Å². The molecule has 1 aromatic heterocycles. The molecule has 2 aromatic carbocycles. The Kier molecular flexibility index (Phi) is 22.5. The van der Waals surface area contributed by atoms with Crippen LogP contribution < -0.4 is 26.2 Å². The van der Waals surface area contributed by atoms with E-state index in [1.165, 1.54) is 0 Å². The Morgan fingerprint density at radius 3 is 2.32 bits per heavy atom. The molecule has 3 N–H and O–H groups in total. The highest BCUT2D eigenvalue weighted by atomic mass is 33.1. The van der Waals surface area contributed by atoms with Crippen molar-refractivity contribution in [1.29, 1.82) is 0 Å². The van der Waals surface area contributed by atoms with E-state index < -0.39 is 31.8 Å². The van der Waals surface area contributed by atoms with Gasteiger partial charge in [0.2, 0.25) is 11.7 Å². The second-order valence-electron chi connectivity index (χ2n) is 13.1. The first-order valence-corrected chi connectivity index (χ1v) is 23.4. The summed E-state index contributed by atoms with van der Waals surface area (Å²) in [5.74, 6) is 1.32. The van der Waals surface area contributed by atoms with Crippen LogP contribution in [0.15, 0.2) is 119 Å². The number of allylic oxidation sites excluding steroid dienone is 10. The number of hydrogen-bond donors (Lipinski definition) is 3. The van der Waals surface area contributed by atoms with Gasteiger partial charge in [0.05, 0.1) is 18.9 Å². The number of unbranched alkanes of at least 4 members (excludes halogenated alkanes) is 1. The predicted molar refractivity (Wildman–Crippen MR) is 236 cm³/mol. The van der Waals surface area contributed by atoms with Crippen molar-refractivity contribution in [3.8, 4) is 5.75 Å².